The van der Waals surface area contributed by atoms with Gasteiger partial charge in [-0.25, -0.2) is 0 Å². The maximum Gasteiger partial charge on any atom is 0.273 e. The van der Waals surface area contributed by atoms with Gasteiger partial charge in [-0.3, -0.25) is 9.89 Å². The van der Waals surface area contributed by atoms with Gasteiger partial charge in [-0.05, 0) is 55.7 Å². The molecule has 1 unspecified atom stereocenters. The second kappa shape index (κ2) is 8.15. The van der Waals surface area contributed by atoms with Gasteiger partial charge in [0, 0.05) is 22.7 Å². The van der Waals surface area contributed by atoms with E-state index < -0.39 is 6.04 Å². The van der Waals surface area contributed by atoms with Crippen LogP contribution in [0.4, 0.5) is 0 Å². The number of H-pyrrole nitrogens is 1. The Kier molecular flexibility index (Phi) is 5.54. The number of rotatable bonds is 6. The fourth-order valence-electron chi connectivity index (χ4n) is 4.05. The number of aromatic hydroxyl groups is 2. The van der Waals surface area contributed by atoms with Crippen LogP contribution < -0.4 is 4.74 Å². The average Bonchev–Trinajstić information content (AvgIpc) is 3.27. The van der Waals surface area contributed by atoms with Crippen LogP contribution in [0.3, 0.4) is 0 Å². The molecule has 0 radical (unpaired) electrons. The third-order valence-corrected chi connectivity index (χ3v) is 5.87. The van der Waals surface area contributed by atoms with Crippen molar-refractivity contribution in [2.75, 3.05) is 13.2 Å². The molecule has 0 saturated carbocycles. The molecule has 7 nitrogen and oxygen atoms in total. The number of benzene rings is 2. The number of halogens is 1. The highest BCUT2D eigenvalue weighted by Crippen LogP contribution is 2.46. The molecule has 162 valence electrons. The number of fused-ring (bicyclic) bond motifs is 1. The van der Waals surface area contributed by atoms with Crippen LogP contribution in [0.25, 0.3) is 11.3 Å². The number of hydrogen-bond donors (Lipinski definition) is 3. The summed E-state index contributed by atoms with van der Waals surface area (Å²) in [7, 11) is 0. The van der Waals surface area contributed by atoms with Crippen molar-refractivity contribution in [3.63, 3.8) is 0 Å². The number of amides is 1. The van der Waals surface area contributed by atoms with Gasteiger partial charge in [-0.2, -0.15) is 5.10 Å². The summed E-state index contributed by atoms with van der Waals surface area (Å²) >= 11 is 6.32. The number of nitrogens with zero attached hydrogens (tertiary/aromatic N) is 2. The first-order valence-electron chi connectivity index (χ1n) is 10.2. The van der Waals surface area contributed by atoms with Crippen LogP contribution >= 0.6 is 11.6 Å². The quantitative estimate of drug-likeness (QED) is 0.510. The number of phenols is 2. The summed E-state index contributed by atoms with van der Waals surface area (Å²) in [5, 5.41) is 28.5. The minimum atomic E-state index is -0.449. The topological polar surface area (TPSA) is 98.7 Å². The van der Waals surface area contributed by atoms with Gasteiger partial charge in [0.2, 0.25) is 0 Å². The Hall–Kier alpha value is -3.19. The largest absolute Gasteiger partial charge is 0.507 e. The van der Waals surface area contributed by atoms with Gasteiger partial charge in [-0.1, -0.05) is 24.6 Å². The second-order valence-electron chi connectivity index (χ2n) is 7.54. The van der Waals surface area contributed by atoms with E-state index >= 15 is 0 Å². The van der Waals surface area contributed by atoms with Crippen LogP contribution in [0.2, 0.25) is 5.02 Å². The van der Waals surface area contributed by atoms with Crippen LogP contribution in [0.1, 0.15) is 53.5 Å². The SMILES string of the molecule is CCCN1C(=O)c2[nH]nc(-c3cc(Cl)c(C)cc3O)c2C1c1ccc(O)c(OCC)c1. The van der Waals surface area contributed by atoms with Crippen LogP contribution in [0.5, 0.6) is 17.2 Å². The maximum absolute atomic E-state index is 13.2. The molecule has 1 aliphatic rings. The van der Waals surface area contributed by atoms with Crippen LogP contribution in [0, 0.1) is 6.92 Å². The summed E-state index contributed by atoms with van der Waals surface area (Å²) in [4.78, 5) is 14.9. The Morgan fingerprint density at radius 3 is 2.68 bits per heavy atom. The van der Waals surface area contributed by atoms with Crippen molar-refractivity contribution >= 4 is 17.5 Å². The van der Waals surface area contributed by atoms with E-state index in [-0.39, 0.29) is 17.4 Å². The molecule has 3 aromatic rings. The molecule has 0 saturated heterocycles. The molecular formula is C23H24ClN3O4. The molecule has 2 aromatic carbocycles. The molecule has 0 bridgehead atoms. The first kappa shape index (κ1) is 21.1. The lowest BCUT2D eigenvalue weighted by atomic mass is 9.95. The highest BCUT2D eigenvalue weighted by molar-refractivity contribution is 6.31. The van der Waals surface area contributed by atoms with E-state index in [0.717, 1.165) is 17.5 Å². The molecule has 8 heteroatoms. The predicted octanol–water partition coefficient (Wildman–Crippen LogP) is 4.80. The van der Waals surface area contributed by atoms with E-state index in [1.165, 1.54) is 0 Å². The fourth-order valence-corrected chi connectivity index (χ4v) is 4.21. The molecule has 1 aliphatic heterocycles. The number of aryl methyl sites for hydroxylation is 1. The Labute approximate surface area is 185 Å². The number of hydrogen-bond acceptors (Lipinski definition) is 5. The van der Waals surface area contributed by atoms with Crippen LogP contribution in [-0.4, -0.2) is 44.4 Å². The zero-order valence-electron chi connectivity index (χ0n) is 17.6. The summed E-state index contributed by atoms with van der Waals surface area (Å²) < 4.78 is 5.56. The minimum absolute atomic E-state index is 0.0348. The molecule has 4 rings (SSSR count). The molecule has 0 spiro atoms. The van der Waals surface area contributed by atoms with Crippen LogP contribution in [0.15, 0.2) is 30.3 Å². The van der Waals surface area contributed by atoms with Gasteiger partial charge in [-0.15, -0.1) is 0 Å². The maximum atomic E-state index is 13.2. The predicted molar refractivity (Wildman–Crippen MR) is 118 cm³/mol. The number of ether oxygens (including phenoxy) is 1. The van der Waals surface area contributed by atoms with Gasteiger partial charge >= 0.3 is 0 Å². The highest BCUT2D eigenvalue weighted by Gasteiger charge is 2.42. The summed E-state index contributed by atoms with van der Waals surface area (Å²) in [5.41, 5.74) is 3.50. The summed E-state index contributed by atoms with van der Waals surface area (Å²) in [6.45, 7) is 6.59. The zero-order valence-corrected chi connectivity index (χ0v) is 18.3. The minimum Gasteiger partial charge on any atom is -0.507 e. The zero-order chi connectivity index (χ0) is 22.3. The molecule has 2 heterocycles. The average molecular weight is 442 g/mol. The number of nitrogens with one attached hydrogen (secondary N) is 1. The van der Waals surface area contributed by atoms with E-state index in [2.05, 4.69) is 10.2 Å². The van der Waals surface area contributed by atoms with Crippen molar-refractivity contribution in [2.24, 2.45) is 0 Å². The fraction of sp³-hybridized carbons (Fsp3) is 0.304. The summed E-state index contributed by atoms with van der Waals surface area (Å²) in [6.07, 6.45) is 0.771. The smallest absolute Gasteiger partial charge is 0.273 e. The highest BCUT2D eigenvalue weighted by atomic mass is 35.5. The standard InChI is InChI=1S/C23H24ClN3O4/c1-4-8-27-22(13-6-7-16(28)18(10-13)31-5-2)19-20(25-26-21(19)23(27)30)14-11-15(24)12(3)9-17(14)29/h6-7,9-11,22,28-29H,4-5,8H2,1-3H3,(H,25,26). The molecule has 0 fully saturated rings. The summed E-state index contributed by atoms with van der Waals surface area (Å²) in [5.74, 6) is 0.262. The van der Waals surface area contributed by atoms with Crippen LogP contribution in [-0.2, 0) is 0 Å². The van der Waals surface area contributed by atoms with Crippen molar-refractivity contribution in [1.82, 2.24) is 15.1 Å². The molecule has 3 N–H and O–H groups in total. The molecule has 1 amide bonds. The third kappa shape index (κ3) is 3.49. The lowest BCUT2D eigenvalue weighted by molar-refractivity contribution is 0.0743. The lowest BCUT2D eigenvalue weighted by Crippen LogP contribution is -2.30. The van der Waals surface area contributed by atoms with Gasteiger partial charge in [0.05, 0.1) is 12.6 Å². The molecule has 0 aliphatic carbocycles. The van der Waals surface area contributed by atoms with E-state index in [4.69, 9.17) is 16.3 Å². The van der Waals surface area contributed by atoms with Crippen molar-refractivity contribution < 1.29 is 19.7 Å². The number of aromatic amines is 1. The van der Waals surface area contributed by atoms with Gasteiger partial charge in [0.15, 0.2) is 11.5 Å². The Morgan fingerprint density at radius 1 is 1.19 bits per heavy atom. The van der Waals surface area contributed by atoms with E-state index in [1.54, 1.807) is 35.2 Å². The first-order chi connectivity index (χ1) is 14.9. The number of carbonyl (C=O) groups is 1. The van der Waals surface area contributed by atoms with Gasteiger partial charge < -0.3 is 19.8 Å². The van der Waals surface area contributed by atoms with Crippen molar-refractivity contribution in [2.45, 2.75) is 33.2 Å². The van der Waals surface area contributed by atoms with E-state index in [1.807, 2.05) is 20.8 Å². The monoisotopic (exact) mass is 441 g/mol. The Morgan fingerprint density at radius 2 is 1.97 bits per heavy atom. The molecule has 31 heavy (non-hydrogen) atoms. The van der Waals surface area contributed by atoms with Crippen molar-refractivity contribution in [3.05, 3.63) is 57.7 Å². The number of carbonyl (C=O) groups excluding carboxylic acids is 1. The van der Waals surface area contributed by atoms with Crippen molar-refractivity contribution in [1.29, 1.82) is 0 Å². The van der Waals surface area contributed by atoms with E-state index in [9.17, 15) is 15.0 Å². The second-order valence-corrected chi connectivity index (χ2v) is 7.95. The normalized spacial score (nSPS) is 15.4. The van der Waals surface area contributed by atoms with E-state index in [0.29, 0.717) is 46.4 Å². The summed E-state index contributed by atoms with van der Waals surface area (Å²) in [6, 6.07) is 7.87. The molecular weight excluding hydrogens is 418 g/mol. The molecule has 1 atom stereocenters. The van der Waals surface area contributed by atoms with Crippen molar-refractivity contribution in [3.8, 4) is 28.5 Å². The lowest BCUT2D eigenvalue weighted by Gasteiger charge is -2.26. The van der Waals surface area contributed by atoms with Gasteiger partial charge in [0.1, 0.15) is 17.1 Å². The Balaban J connectivity index is 1.92. The number of phenolic OH excluding ortho intramolecular Hbond substituents is 2. The van der Waals surface area contributed by atoms with Gasteiger partial charge in [0.25, 0.3) is 5.91 Å². The third-order valence-electron chi connectivity index (χ3n) is 5.46. The first-order valence-corrected chi connectivity index (χ1v) is 10.6. The molecule has 1 aromatic heterocycles. The number of aromatic nitrogens is 2. The Bertz CT molecular complexity index is 1160.